The van der Waals surface area contributed by atoms with Gasteiger partial charge in [-0.2, -0.15) is 0 Å². The third-order valence-electron chi connectivity index (χ3n) is 5.72. The van der Waals surface area contributed by atoms with Gasteiger partial charge in [0.15, 0.2) is 11.5 Å². The highest BCUT2D eigenvalue weighted by Gasteiger charge is 2.58. The van der Waals surface area contributed by atoms with E-state index < -0.39 is 17.1 Å². The lowest BCUT2D eigenvalue weighted by Crippen LogP contribution is -2.45. The first-order valence-electron chi connectivity index (χ1n) is 9.57. The van der Waals surface area contributed by atoms with E-state index >= 15 is 0 Å². The highest BCUT2D eigenvalue weighted by atomic mass is 19.1. The van der Waals surface area contributed by atoms with Gasteiger partial charge in [-0.3, -0.25) is 9.59 Å². The second-order valence-electron chi connectivity index (χ2n) is 7.47. The van der Waals surface area contributed by atoms with Gasteiger partial charge in [-0.15, -0.1) is 0 Å². The van der Waals surface area contributed by atoms with Crippen LogP contribution < -0.4 is 14.8 Å². The summed E-state index contributed by atoms with van der Waals surface area (Å²) < 4.78 is 24.6. The van der Waals surface area contributed by atoms with Crippen LogP contribution in [0.5, 0.6) is 11.5 Å². The molecule has 4 rings (SSSR count). The molecule has 2 aliphatic rings. The number of nitrogens with zero attached hydrogens (tertiary/aromatic N) is 1. The highest BCUT2D eigenvalue weighted by molar-refractivity contribution is 6.13. The molecule has 29 heavy (non-hydrogen) atoms. The summed E-state index contributed by atoms with van der Waals surface area (Å²) >= 11 is 0. The predicted octanol–water partition coefficient (Wildman–Crippen LogP) is 3.15. The summed E-state index contributed by atoms with van der Waals surface area (Å²) in [6.45, 7) is 0.930. The van der Waals surface area contributed by atoms with Gasteiger partial charge < -0.3 is 19.7 Å². The Balaban J connectivity index is 1.51. The molecule has 2 amide bonds. The molecular weight excluding hydrogens is 375 g/mol. The minimum absolute atomic E-state index is 0.0948. The molecule has 7 heteroatoms. The minimum atomic E-state index is -1.10. The van der Waals surface area contributed by atoms with E-state index in [0.717, 1.165) is 11.1 Å². The first kappa shape index (κ1) is 19.2. The summed E-state index contributed by atoms with van der Waals surface area (Å²) in [6, 6.07) is 9.78. The molecule has 152 valence electrons. The number of hydrogen-bond donors (Lipinski definition) is 1. The smallest absolute Gasteiger partial charge is 0.240 e. The molecule has 1 aliphatic carbocycles. The number of anilines is 1. The van der Waals surface area contributed by atoms with E-state index in [4.69, 9.17) is 9.47 Å². The van der Waals surface area contributed by atoms with Gasteiger partial charge in [0.05, 0.1) is 19.9 Å². The maximum absolute atomic E-state index is 13.9. The Hall–Kier alpha value is -3.09. The second kappa shape index (κ2) is 7.39. The summed E-state index contributed by atoms with van der Waals surface area (Å²) in [5.74, 6) is 0.113. The standard InChI is InChI=1S/C22H23FN2O4/c1-28-18-11-14-7-10-25(13-15(14)12-19(18)29-2)21(27)22(8-9-22)20(26)24-17-6-4-3-5-16(17)23/h3-6,11-12H,7-10,13H2,1-2H3,(H,24,26). The topological polar surface area (TPSA) is 67.9 Å². The van der Waals surface area contributed by atoms with Gasteiger partial charge >= 0.3 is 0 Å². The molecule has 6 nitrogen and oxygen atoms in total. The number of methoxy groups -OCH3 is 2. The fraction of sp³-hybridized carbons (Fsp3) is 0.364. The molecule has 1 heterocycles. The minimum Gasteiger partial charge on any atom is -0.493 e. The zero-order valence-corrected chi connectivity index (χ0v) is 16.5. The summed E-state index contributed by atoms with van der Waals surface area (Å²) in [7, 11) is 3.16. The molecule has 0 radical (unpaired) electrons. The highest BCUT2D eigenvalue weighted by Crippen LogP contribution is 2.49. The zero-order valence-electron chi connectivity index (χ0n) is 16.5. The number of rotatable bonds is 5. The lowest BCUT2D eigenvalue weighted by atomic mass is 9.96. The Morgan fingerprint density at radius 3 is 2.34 bits per heavy atom. The SMILES string of the molecule is COc1cc2c(cc1OC)CN(C(=O)C1(C(=O)Nc3ccccc3F)CC1)CC2. The van der Waals surface area contributed by atoms with Crippen molar-refractivity contribution in [2.45, 2.75) is 25.8 Å². The molecule has 2 aromatic carbocycles. The number of benzene rings is 2. The second-order valence-corrected chi connectivity index (χ2v) is 7.47. The van der Waals surface area contributed by atoms with Gasteiger partial charge in [-0.05, 0) is 54.7 Å². The predicted molar refractivity (Wildman–Crippen MR) is 105 cm³/mol. The molecule has 0 bridgehead atoms. The normalized spacial score (nSPS) is 16.6. The van der Waals surface area contributed by atoms with Crippen molar-refractivity contribution in [3.8, 4) is 11.5 Å². The third-order valence-corrected chi connectivity index (χ3v) is 5.72. The van der Waals surface area contributed by atoms with Crippen molar-refractivity contribution >= 4 is 17.5 Å². The van der Waals surface area contributed by atoms with Crippen molar-refractivity contribution in [2.75, 3.05) is 26.1 Å². The van der Waals surface area contributed by atoms with Gasteiger partial charge in [0.1, 0.15) is 11.2 Å². The van der Waals surface area contributed by atoms with Crippen LogP contribution in [0.15, 0.2) is 36.4 Å². The number of para-hydroxylation sites is 1. The van der Waals surface area contributed by atoms with E-state index in [9.17, 15) is 14.0 Å². The number of amides is 2. The number of nitrogens with one attached hydrogen (secondary N) is 1. The quantitative estimate of drug-likeness (QED) is 0.786. The number of ether oxygens (including phenoxy) is 2. The maximum Gasteiger partial charge on any atom is 0.240 e. The number of halogens is 1. The molecule has 1 fully saturated rings. The number of carbonyl (C=O) groups is 2. The van der Waals surface area contributed by atoms with Gasteiger partial charge in [0.25, 0.3) is 0 Å². The lowest BCUT2D eigenvalue weighted by Gasteiger charge is -2.32. The fourth-order valence-corrected chi connectivity index (χ4v) is 3.83. The van der Waals surface area contributed by atoms with Crippen molar-refractivity contribution in [3.63, 3.8) is 0 Å². The molecule has 0 saturated heterocycles. The van der Waals surface area contributed by atoms with Crippen LogP contribution in [0.4, 0.5) is 10.1 Å². The number of hydrogen-bond acceptors (Lipinski definition) is 4. The lowest BCUT2D eigenvalue weighted by molar-refractivity contribution is -0.143. The van der Waals surface area contributed by atoms with E-state index in [1.807, 2.05) is 12.1 Å². The Labute approximate surface area is 168 Å². The van der Waals surface area contributed by atoms with Crippen molar-refractivity contribution in [1.29, 1.82) is 0 Å². The average Bonchev–Trinajstić information content (AvgIpc) is 3.55. The summed E-state index contributed by atoms with van der Waals surface area (Å²) in [6.07, 6.45) is 1.62. The van der Waals surface area contributed by atoms with Crippen LogP contribution in [0, 0.1) is 11.2 Å². The van der Waals surface area contributed by atoms with E-state index in [1.54, 1.807) is 31.3 Å². The molecule has 1 N–H and O–H groups in total. The van der Waals surface area contributed by atoms with Crippen molar-refractivity contribution in [2.24, 2.45) is 5.41 Å². The van der Waals surface area contributed by atoms with Crippen molar-refractivity contribution in [3.05, 3.63) is 53.3 Å². The van der Waals surface area contributed by atoms with Gasteiger partial charge in [-0.25, -0.2) is 4.39 Å². The summed E-state index contributed by atoms with van der Waals surface area (Å²) in [4.78, 5) is 27.7. The van der Waals surface area contributed by atoms with Crippen LogP contribution in [0.1, 0.15) is 24.0 Å². The van der Waals surface area contributed by atoms with Gasteiger partial charge in [-0.1, -0.05) is 12.1 Å². The van der Waals surface area contributed by atoms with E-state index in [-0.39, 0.29) is 11.6 Å². The Bertz CT molecular complexity index is 971. The number of carbonyl (C=O) groups excluding carboxylic acids is 2. The average molecular weight is 398 g/mol. The van der Waals surface area contributed by atoms with Gasteiger partial charge in [0.2, 0.25) is 11.8 Å². The van der Waals surface area contributed by atoms with Crippen LogP contribution in [0.25, 0.3) is 0 Å². The van der Waals surface area contributed by atoms with Gasteiger partial charge in [0, 0.05) is 13.1 Å². The van der Waals surface area contributed by atoms with E-state index in [1.165, 1.54) is 12.1 Å². The van der Waals surface area contributed by atoms with Crippen LogP contribution in [0.2, 0.25) is 0 Å². The largest absolute Gasteiger partial charge is 0.493 e. The third kappa shape index (κ3) is 3.41. The first-order chi connectivity index (χ1) is 14.0. The molecule has 1 saturated carbocycles. The molecule has 0 atom stereocenters. The molecule has 2 aromatic rings. The van der Waals surface area contributed by atoms with Crippen LogP contribution in [0.3, 0.4) is 0 Å². The summed E-state index contributed by atoms with van der Waals surface area (Å²) in [5.41, 5.74) is 1.08. The van der Waals surface area contributed by atoms with E-state index in [2.05, 4.69) is 5.32 Å². The molecule has 1 aliphatic heterocycles. The van der Waals surface area contributed by atoms with Crippen LogP contribution in [-0.4, -0.2) is 37.5 Å². The van der Waals surface area contributed by atoms with Crippen LogP contribution >= 0.6 is 0 Å². The zero-order chi connectivity index (χ0) is 20.6. The van der Waals surface area contributed by atoms with Crippen LogP contribution in [-0.2, 0) is 22.6 Å². The first-order valence-corrected chi connectivity index (χ1v) is 9.57. The molecular formula is C22H23FN2O4. The summed E-state index contributed by atoms with van der Waals surface area (Å²) in [5, 5.41) is 2.59. The Morgan fingerprint density at radius 1 is 1.07 bits per heavy atom. The van der Waals surface area contributed by atoms with E-state index in [0.29, 0.717) is 43.9 Å². The Morgan fingerprint density at radius 2 is 1.72 bits per heavy atom. The van der Waals surface area contributed by atoms with Crippen molar-refractivity contribution in [1.82, 2.24) is 4.90 Å². The maximum atomic E-state index is 13.9. The fourth-order valence-electron chi connectivity index (χ4n) is 3.83. The molecule has 0 spiro atoms. The molecule has 0 aromatic heterocycles. The Kier molecular flexibility index (Phi) is 4.90. The number of fused-ring (bicyclic) bond motifs is 1. The monoisotopic (exact) mass is 398 g/mol. The molecule has 0 unspecified atom stereocenters. The van der Waals surface area contributed by atoms with Crippen molar-refractivity contribution < 1.29 is 23.5 Å².